The molecule has 0 radical (unpaired) electrons. The monoisotopic (exact) mass is 415 g/mol. The lowest BCUT2D eigenvalue weighted by Crippen LogP contribution is -2.39. The van der Waals surface area contributed by atoms with Gasteiger partial charge in [-0.15, -0.1) is 0 Å². The fraction of sp³-hybridized carbons (Fsp3) is 0.318. The molecule has 0 saturated carbocycles. The van der Waals surface area contributed by atoms with E-state index in [1.165, 1.54) is 30.3 Å². The van der Waals surface area contributed by atoms with Crippen LogP contribution in [0.1, 0.15) is 36.6 Å². The Hall–Kier alpha value is -3.16. The van der Waals surface area contributed by atoms with Gasteiger partial charge in [-0.2, -0.15) is 4.98 Å². The van der Waals surface area contributed by atoms with E-state index in [-0.39, 0.29) is 36.0 Å². The Kier molecular flexibility index (Phi) is 5.83. The lowest BCUT2D eigenvalue weighted by atomic mass is 9.97. The summed E-state index contributed by atoms with van der Waals surface area (Å²) in [7, 11) is 0. The molecule has 0 bridgehead atoms. The zero-order chi connectivity index (χ0) is 21.1. The van der Waals surface area contributed by atoms with Crippen molar-refractivity contribution in [3.05, 3.63) is 71.4 Å². The smallest absolute Gasteiger partial charge is 0.231 e. The number of hydrogen-bond acceptors (Lipinski definition) is 4. The lowest BCUT2D eigenvalue weighted by molar-refractivity contribution is -0.132. The minimum Gasteiger partial charge on any atom is -0.342 e. The van der Waals surface area contributed by atoms with Gasteiger partial charge in [-0.05, 0) is 43.5 Å². The molecular weight excluding hydrogens is 395 g/mol. The summed E-state index contributed by atoms with van der Waals surface area (Å²) in [5.41, 5.74) is 0.441. The third-order valence-corrected chi connectivity index (χ3v) is 5.30. The third-order valence-electron chi connectivity index (χ3n) is 5.30. The molecule has 2 heterocycles. The van der Waals surface area contributed by atoms with Crippen molar-refractivity contribution in [2.45, 2.75) is 31.6 Å². The van der Waals surface area contributed by atoms with Gasteiger partial charge < -0.3 is 9.42 Å². The minimum absolute atomic E-state index is 0.00276. The van der Waals surface area contributed by atoms with Crippen molar-refractivity contribution in [2.75, 3.05) is 13.1 Å². The first kappa shape index (κ1) is 20.1. The first-order valence-electron chi connectivity index (χ1n) is 9.81. The zero-order valence-electron chi connectivity index (χ0n) is 16.2. The van der Waals surface area contributed by atoms with E-state index in [2.05, 4.69) is 10.1 Å². The first-order valence-corrected chi connectivity index (χ1v) is 9.81. The highest BCUT2D eigenvalue weighted by atomic mass is 19.1. The Bertz CT molecular complexity index is 1030. The van der Waals surface area contributed by atoms with Crippen LogP contribution in [0.5, 0.6) is 0 Å². The molecule has 0 N–H and O–H groups in total. The van der Waals surface area contributed by atoms with Crippen molar-refractivity contribution >= 4 is 5.91 Å². The number of rotatable bonds is 5. The summed E-state index contributed by atoms with van der Waals surface area (Å²) in [6.07, 6.45) is 1.55. The summed E-state index contributed by atoms with van der Waals surface area (Å²) in [5, 5.41) is 3.93. The van der Waals surface area contributed by atoms with Crippen LogP contribution in [-0.4, -0.2) is 34.0 Å². The van der Waals surface area contributed by atoms with Gasteiger partial charge in [-0.3, -0.25) is 4.79 Å². The number of carbonyl (C=O) groups is 1. The maximum atomic E-state index is 13.8. The van der Waals surface area contributed by atoms with E-state index in [4.69, 9.17) is 4.52 Å². The summed E-state index contributed by atoms with van der Waals surface area (Å²) in [6.45, 7) is 0.962. The molecule has 3 aromatic rings. The van der Waals surface area contributed by atoms with E-state index in [1.54, 1.807) is 17.0 Å². The quantitative estimate of drug-likeness (QED) is 0.616. The third kappa shape index (κ3) is 4.37. The van der Waals surface area contributed by atoms with E-state index < -0.39 is 11.6 Å². The number of hydrogen-bond donors (Lipinski definition) is 0. The Morgan fingerprint density at radius 2 is 1.90 bits per heavy atom. The predicted molar refractivity (Wildman–Crippen MR) is 103 cm³/mol. The number of aromatic nitrogens is 2. The number of benzene rings is 2. The van der Waals surface area contributed by atoms with E-state index in [1.807, 2.05) is 0 Å². The topological polar surface area (TPSA) is 59.2 Å². The number of piperidine rings is 1. The van der Waals surface area contributed by atoms with Crippen molar-refractivity contribution < 1.29 is 22.5 Å². The summed E-state index contributed by atoms with van der Waals surface area (Å²) < 4.78 is 46.3. The fourth-order valence-electron chi connectivity index (χ4n) is 3.71. The molecule has 4 rings (SSSR count). The van der Waals surface area contributed by atoms with E-state index in [9.17, 15) is 18.0 Å². The Balaban J connectivity index is 1.40. The van der Waals surface area contributed by atoms with Gasteiger partial charge in [-0.1, -0.05) is 23.4 Å². The van der Waals surface area contributed by atoms with Crippen LogP contribution in [0, 0.1) is 17.5 Å². The maximum Gasteiger partial charge on any atom is 0.231 e. The van der Waals surface area contributed by atoms with Crippen LogP contribution in [0.3, 0.4) is 0 Å². The summed E-state index contributed by atoms with van der Waals surface area (Å²) in [4.78, 5) is 18.6. The van der Waals surface area contributed by atoms with E-state index in [0.29, 0.717) is 30.4 Å². The second-order valence-corrected chi connectivity index (χ2v) is 7.35. The van der Waals surface area contributed by atoms with Gasteiger partial charge in [0.15, 0.2) is 0 Å². The molecule has 156 valence electrons. The minimum atomic E-state index is -0.643. The molecule has 30 heavy (non-hydrogen) atoms. The summed E-state index contributed by atoms with van der Waals surface area (Å²) >= 11 is 0. The van der Waals surface area contributed by atoms with Crippen LogP contribution < -0.4 is 0 Å². The Morgan fingerprint density at radius 1 is 1.13 bits per heavy atom. The highest BCUT2D eigenvalue weighted by Crippen LogP contribution is 2.28. The van der Waals surface area contributed by atoms with Gasteiger partial charge in [0, 0.05) is 30.6 Å². The van der Waals surface area contributed by atoms with Crippen LogP contribution in [0.15, 0.2) is 47.0 Å². The molecule has 5 nitrogen and oxygen atoms in total. The number of likely N-dealkylation sites (tertiary alicyclic amines) is 1. The average Bonchev–Trinajstić information content (AvgIpc) is 3.24. The average molecular weight is 415 g/mol. The molecule has 0 spiro atoms. The first-order chi connectivity index (χ1) is 14.5. The van der Waals surface area contributed by atoms with Gasteiger partial charge in [-0.25, -0.2) is 13.2 Å². The Labute approximate surface area is 171 Å². The molecule has 1 atom stereocenters. The highest BCUT2D eigenvalue weighted by Gasteiger charge is 2.29. The van der Waals surface area contributed by atoms with Gasteiger partial charge >= 0.3 is 0 Å². The molecule has 2 aromatic carbocycles. The molecule has 1 aliphatic heterocycles. The lowest BCUT2D eigenvalue weighted by Gasteiger charge is -2.31. The molecule has 0 aliphatic carbocycles. The van der Waals surface area contributed by atoms with Crippen LogP contribution in [0.2, 0.25) is 0 Å². The molecule has 1 unspecified atom stereocenters. The zero-order valence-corrected chi connectivity index (χ0v) is 16.2. The van der Waals surface area contributed by atoms with Gasteiger partial charge in [0.05, 0.1) is 5.92 Å². The van der Waals surface area contributed by atoms with Crippen molar-refractivity contribution in [3.63, 3.8) is 0 Å². The molecular formula is C22H20F3N3O2. The molecule has 1 aromatic heterocycles. The summed E-state index contributed by atoms with van der Waals surface area (Å²) in [6, 6.07) is 9.59. The van der Waals surface area contributed by atoms with Crippen LogP contribution in [0.4, 0.5) is 13.2 Å². The molecule has 1 saturated heterocycles. The largest absolute Gasteiger partial charge is 0.342 e. The number of halogens is 3. The van der Waals surface area contributed by atoms with Gasteiger partial charge in [0.2, 0.25) is 17.6 Å². The number of nitrogens with zero attached hydrogens (tertiary/aromatic N) is 3. The maximum absolute atomic E-state index is 13.8. The second kappa shape index (κ2) is 8.69. The van der Waals surface area contributed by atoms with Crippen molar-refractivity contribution in [3.8, 4) is 11.4 Å². The molecule has 1 amide bonds. The molecule has 1 fully saturated rings. The highest BCUT2D eigenvalue weighted by molar-refractivity contribution is 5.76. The predicted octanol–water partition coefficient (Wildman–Crippen LogP) is 4.49. The van der Waals surface area contributed by atoms with Crippen LogP contribution >= 0.6 is 0 Å². The number of carbonyl (C=O) groups excluding carboxylic acids is 1. The van der Waals surface area contributed by atoms with Gasteiger partial charge in [0.1, 0.15) is 17.5 Å². The normalized spacial score (nSPS) is 16.6. The van der Waals surface area contributed by atoms with Crippen molar-refractivity contribution in [1.29, 1.82) is 0 Å². The summed E-state index contributed by atoms with van der Waals surface area (Å²) in [5.74, 6) is -1.30. The SMILES string of the molecule is O=C(CCc1c(F)cccc1F)N1CCCC(c2nc(-c3cccc(F)c3)no2)C1. The molecule has 8 heteroatoms. The van der Waals surface area contributed by atoms with E-state index in [0.717, 1.165) is 12.8 Å². The van der Waals surface area contributed by atoms with Gasteiger partial charge in [0.25, 0.3) is 0 Å². The van der Waals surface area contributed by atoms with Crippen molar-refractivity contribution in [1.82, 2.24) is 15.0 Å². The molecule has 1 aliphatic rings. The van der Waals surface area contributed by atoms with Crippen LogP contribution in [-0.2, 0) is 11.2 Å². The van der Waals surface area contributed by atoms with Crippen molar-refractivity contribution in [2.24, 2.45) is 0 Å². The Morgan fingerprint density at radius 3 is 2.67 bits per heavy atom. The number of amides is 1. The fourth-order valence-corrected chi connectivity index (χ4v) is 3.71. The van der Waals surface area contributed by atoms with E-state index >= 15 is 0 Å². The standard InChI is InChI=1S/C22H20F3N3O2/c23-16-6-1-4-14(12-16)21-26-22(30-27-21)15-5-3-11-28(13-15)20(29)10-9-17-18(24)7-2-8-19(17)25/h1-2,4,6-8,12,15H,3,5,9-11,13H2. The van der Waals surface area contributed by atoms with Crippen LogP contribution in [0.25, 0.3) is 11.4 Å². The second-order valence-electron chi connectivity index (χ2n) is 7.35.